The lowest BCUT2D eigenvalue weighted by atomic mass is 9.94. The van der Waals surface area contributed by atoms with Crippen LogP contribution >= 0.6 is 0 Å². The van der Waals surface area contributed by atoms with E-state index in [2.05, 4.69) is 10.3 Å². The average molecular weight is 262 g/mol. The Balaban J connectivity index is 2.22. The van der Waals surface area contributed by atoms with Gasteiger partial charge in [-0.15, -0.1) is 0 Å². The lowest BCUT2D eigenvalue weighted by molar-refractivity contribution is -0.128. The summed E-state index contributed by atoms with van der Waals surface area (Å²) in [5, 5.41) is 2.75. The molecule has 1 fully saturated rings. The maximum absolute atomic E-state index is 12.1. The van der Waals surface area contributed by atoms with Crippen molar-refractivity contribution in [3.05, 3.63) is 30.1 Å². The van der Waals surface area contributed by atoms with Crippen molar-refractivity contribution >= 4 is 11.8 Å². The topological polar surface area (TPSA) is 88.3 Å². The molecule has 1 aliphatic heterocycles. The standard InChI is InChI=1S/C13H18N4O2/c1-17-11(18)7-10(13(19)16-6-4-14)12(17)9-3-2-5-15-8-9/h2-3,5,8,10,12H,4,6-7,14H2,1H3,(H,16,19)/t10-,12+/m0/s1. The van der Waals surface area contributed by atoms with E-state index < -0.39 is 0 Å². The first-order valence-corrected chi connectivity index (χ1v) is 6.28. The van der Waals surface area contributed by atoms with Gasteiger partial charge >= 0.3 is 0 Å². The summed E-state index contributed by atoms with van der Waals surface area (Å²) in [6.45, 7) is 0.812. The minimum Gasteiger partial charge on any atom is -0.355 e. The molecule has 0 spiro atoms. The van der Waals surface area contributed by atoms with Crippen molar-refractivity contribution in [2.75, 3.05) is 20.1 Å². The SMILES string of the molecule is CN1C(=O)C[C@H](C(=O)NCCN)[C@H]1c1cccnc1. The van der Waals surface area contributed by atoms with E-state index in [9.17, 15) is 9.59 Å². The summed E-state index contributed by atoms with van der Waals surface area (Å²) in [6.07, 6.45) is 3.60. The van der Waals surface area contributed by atoms with Gasteiger partial charge in [-0.1, -0.05) is 6.07 Å². The van der Waals surface area contributed by atoms with Crippen LogP contribution in [0.15, 0.2) is 24.5 Å². The molecular weight excluding hydrogens is 244 g/mol. The highest BCUT2D eigenvalue weighted by Gasteiger charge is 2.42. The van der Waals surface area contributed by atoms with Crippen LogP contribution in [0.3, 0.4) is 0 Å². The molecule has 6 nitrogen and oxygen atoms in total. The molecule has 102 valence electrons. The van der Waals surface area contributed by atoms with Crippen LogP contribution in [-0.4, -0.2) is 41.8 Å². The molecule has 1 aromatic rings. The van der Waals surface area contributed by atoms with E-state index in [0.29, 0.717) is 13.1 Å². The monoisotopic (exact) mass is 262 g/mol. The lowest BCUT2D eigenvalue weighted by Crippen LogP contribution is -2.37. The molecule has 0 saturated carbocycles. The largest absolute Gasteiger partial charge is 0.355 e. The third-order valence-corrected chi connectivity index (χ3v) is 3.39. The minimum atomic E-state index is -0.381. The lowest BCUT2D eigenvalue weighted by Gasteiger charge is -2.24. The summed E-state index contributed by atoms with van der Waals surface area (Å²) in [6, 6.07) is 3.44. The quantitative estimate of drug-likeness (QED) is 0.778. The Morgan fingerprint density at radius 2 is 2.42 bits per heavy atom. The van der Waals surface area contributed by atoms with Gasteiger partial charge < -0.3 is 16.0 Å². The summed E-state index contributed by atoms with van der Waals surface area (Å²) < 4.78 is 0. The number of hydrogen-bond acceptors (Lipinski definition) is 4. The molecule has 6 heteroatoms. The third-order valence-electron chi connectivity index (χ3n) is 3.39. The van der Waals surface area contributed by atoms with Gasteiger partial charge in [-0.2, -0.15) is 0 Å². The maximum Gasteiger partial charge on any atom is 0.226 e. The number of amides is 2. The van der Waals surface area contributed by atoms with Gasteiger partial charge in [0.2, 0.25) is 11.8 Å². The van der Waals surface area contributed by atoms with Gasteiger partial charge in [-0.05, 0) is 11.6 Å². The zero-order chi connectivity index (χ0) is 13.8. The number of hydrogen-bond donors (Lipinski definition) is 2. The molecule has 2 rings (SSSR count). The first kappa shape index (κ1) is 13.5. The fourth-order valence-electron chi connectivity index (χ4n) is 2.44. The molecule has 0 bridgehead atoms. The second kappa shape index (κ2) is 5.79. The zero-order valence-electron chi connectivity index (χ0n) is 10.9. The number of nitrogens with one attached hydrogen (secondary N) is 1. The summed E-state index contributed by atoms with van der Waals surface area (Å²) in [4.78, 5) is 29.6. The molecule has 2 amide bonds. The molecule has 0 aliphatic carbocycles. The van der Waals surface area contributed by atoms with Crippen LogP contribution in [0.5, 0.6) is 0 Å². The summed E-state index contributed by atoms with van der Waals surface area (Å²) in [5.41, 5.74) is 6.25. The molecule has 0 unspecified atom stereocenters. The zero-order valence-corrected chi connectivity index (χ0v) is 10.9. The Kier molecular flexibility index (Phi) is 4.11. The van der Waals surface area contributed by atoms with E-state index in [1.165, 1.54) is 0 Å². The number of carbonyl (C=O) groups excluding carboxylic acids is 2. The van der Waals surface area contributed by atoms with E-state index in [1.54, 1.807) is 30.4 Å². The fourth-order valence-corrected chi connectivity index (χ4v) is 2.44. The van der Waals surface area contributed by atoms with E-state index in [1.807, 2.05) is 6.07 Å². The smallest absolute Gasteiger partial charge is 0.226 e. The Hall–Kier alpha value is -1.95. The third kappa shape index (κ3) is 2.73. The molecule has 2 heterocycles. The molecule has 0 aromatic carbocycles. The van der Waals surface area contributed by atoms with Gasteiger partial charge in [0.25, 0.3) is 0 Å². The second-order valence-corrected chi connectivity index (χ2v) is 4.63. The Morgan fingerprint density at radius 3 is 3.05 bits per heavy atom. The van der Waals surface area contributed by atoms with Gasteiger partial charge in [0.05, 0.1) is 12.0 Å². The van der Waals surface area contributed by atoms with Crippen molar-refractivity contribution in [2.24, 2.45) is 11.7 Å². The first-order chi connectivity index (χ1) is 9.15. The number of likely N-dealkylation sites (tertiary alicyclic amines) is 1. The summed E-state index contributed by atoms with van der Waals surface area (Å²) in [7, 11) is 1.72. The van der Waals surface area contributed by atoms with Crippen molar-refractivity contribution in [1.29, 1.82) is 0 Å². The highest BCUT2D eigenvalue weighted by atomic mass is 16.2. The van der Waals surface area contributed by atoms with Crippen LogP contribution in [0.2, 0.25) is 0 Å². The van der Waals surface area contributed by atoms with Gasteiger partial charge in [-0.25, -0.2) is 0 Å². The highest BCUT2D eigenvalue weighted by Crippen LogP contribution is 2.36. The molecule has 2 atom stereocenters. The maximum atomic E-state index is 12.1. The molecule has 1 aliphatic rings. The van der Waals surface area contributed by atoms with Crippen molar-refractivity contribution in [1.82, 2.24) is 15.2 Å². The van der Waals surface area contributed by atoms with Gasteiger partial charge in [0.15, 0.2) is 0 Å². The highest BCUT2D eigenvalue weighted by molar-refractivity contribution is 5.90. The van der Waals surface area contributed by atoms with Gasteiger partial charge in [-0.3, -0.25) is 14.6 Å². The molecule has 1 aromatic heterocycles. The van der Waals surface area contributed by atoms with Crippen LogP contribution < -0.4 is 11.1 Å². The fraction of sp³-hybridized carbons (Fsp3) is 0.462. The van der Waals surface area contributed by atoms with Crippen molar-refractivity contribution < 1.29 is 9.59 Å². The van der Waals surface area contributed by atoms with Crippen LogP contribution in [0.4, 0.5) is 0 Å². The normalized spacial score (nSPS) is 22.6. The molecule has 3 N–H and O–H groups in total. The Bertz CT molecular complexity index is 463. The number of carbonyl (C=O) groups is 2. The molecular formula is C13H18N4O2. The molecule has 19 heavy (non-hydrogen) atoms. The number of rotatable bonds is 4. The van der Waals surface area contributed by atoms with Gasteiger partial charge in [0, 0.05) is 39.0 Å². The predicted molar refractivity (Wildman–Crippen MR) is 69.9 cm³/mol. The van der Waals surface area contributed by atoms with Crippen LogP contribution in [0, 0.1) is 5.92 Å². The number of nitrogens with two attached hydrogens (primary N) is 1. The van der Waals surface area contributed by atoms with Crippen LogP contribution in [0.25, 0.3) is 0 Å². The van der Waals surface area contributed by atoms with E-state index in [-0.39, 0.29) is 30.2 Å². The van der Waals surface area contributed by atoms with Crippen molar-refractivity contribution in [3.63, 3.8) is 0 Å². The predicted octanol–water partition coefficient (Wildman–Crippen LogP) is -0.324. The molecule has 1 saturated heterocycles. The van der Waals surface area contributed by atoms with E-state index in [4.69, 9.17) is 5.73 Å². The van der Waals surface area contributed by atoms with E-state index >= 15 is 0 Å². The number of pyridine rings is 1. The minimum absolute atomic E-state index is 0.0262. The van der Waals surface area contributed by atoms with Crippen LogP contribution in [0.1, 0.15) is 18.0 Å². The Labute approximate surface area is 112 Å². The first-order valence-electron chi connectivity index (χ1n) is 6.28. The van der Waals surface area contributed by atoms with Crippen molar-refractivity contribution in [2.45, 2.75) is 12.5 Å². The summed E-state index contributed by atoms with van der Waals surface area (Å²) >= 11 is 0. The summed E-state index contributed by atoms with van der Waals surface area (Å²) in [5.74, 6) is -0.535. The average Bonchev–Trinajstić information content (AvgIpc) is 2.73. The van der Waals surface area contributed by atoms with Crippen LogP contribution in [-0.2, 0) is 9.59 Å². The van der Waals surface area contributed by atoms with Gasteiger partial charge in [0.1, 0.15) is 0 Å². The number of aromatic nitrogens is 1. The van der Waals surface area contributed by atoms with Crippen molar-refractivity contribution in [3.8, 4) is 0 Å². The Morgan fingerprint density at radius 1 is 1.63 bits per heavy atom. The molecule has 0 radical (unpaired) electrons. The second-order valence-electron chi connectivity index (χ2n) is 4.63. The van der Waals surface area contributed by atoms with E-state index in [0.717, 1.165) is 5.56 Å². The number of nitrogens with zero attached hydrogens (tertiary/aromatic N) is 2.